The van der Waals surface area contributed by atoms with E-state index in [9.17, 15) is 24.3 Å². The van der Waals surface area contributed by atoms with E-state index in [2.05, 4.69) is 90.5 Å². The van der Waals surface area contributed by atoms with Gasteiger partial charge in [-0.3, -0.25) is 19.4 Å². The highest BCUT2D eigenvalue weighted by molar-refractivity contribution is 5.87. The molecule has 2 unspecified atom stereocenters. The molecule has 350 valence electrons. The largest absolute Gasteiger partial charge is 0.481 e. The minimum Gasteiger partial charge on any atom is -0.481 e. The van der Waals surface area contributed by atoms with Gasteiger partial charge in [-0.2, -0.15) is 0 Å². The molecule has 0 radical (unpaired) electrons. The van der Waals surface area contributed by atoms with Gasteiger partial charge in [0.2, 0.25) is 0 Å². The number of likely N-dealkylation sites (tertiary alicyclic amines) is 2. The zero-order valence-corrected chi connectivity index (χ0v) is 40.5. The lowest BCUT2D eigenvalue weighted by atomic mass is 9.56. The van der Waals surface area contributed by atoms with Crippen LogP contribution in [0.5, 0.6) is 0 Å². The molecule has 10 nitrogen and oxygen atoms in total. The van der Waals surface area contributed by atoms with Crippen LogP contribution in [-0.4, -0.2) is 95.4 Å². The van der Waals surface area contributed by atoms with Crippen LogP contribution in [0.3, 0.4) is 0 Å². The normalized spacial score (nSPS) is 25.1. The Morgan fingerprint density at radius 2 is 1.02 bits per heavy atom. The Bertz CT molecular complexity index is 1580. The number of carbonyl (C=O) groups is 4. The van der Waals surface area contributed by atoms with E-state index in [1.807, 2.05) is 0 Å². The quantitative estimate of drug-likeness (QED) is 0.0497. The van der Waals surface area contributed by atoms with Gasteiger partial charge in [-0.25, -0.2) is 9.59 Å². The first-order valence-corrected chi connectivity index (χ1v) is 23.9. The summed E-state index contributed by atoms with van der Waals surface area (Å²) in [4.78, 5) is 54.9. The molecule has 4 rings (SSSR count). The molecule has 2 aliphatic carbocycles. The Morgan fingerprint density at radius 1 is 0.645 bits per heavy atom. The van der Waals surface area contributed by atoms with Gasteiger partial charge in [0.1, 0.15) is 0 Å². The third kappa shape index (κ3) is 11.9. The zero-order valence-electron chi connectivity index (χ0n) is 40.5. The van der Waals surface area contributed by atoms with Gasteiger partial charge in [0.15, 0.2) is 0 Å². The van der Waals surface area contributed by atoms with Gasteiger partial charge >= 0.3 is 23.9 Å². The van der Waals surface area contributed by atoms with Gasteiger partial charge in [-0.05, 0) is 114 Å². The predicted molar refractivity (Wildman–Crippen MR) is 247 cm³/mol. The number of aliphatic carboxylic acids is 2. The average Bonchev–Trinajstić information content (AvgIpc) is 3.17. The van der Waals surface area contributed by atoms with Crippen molar-refractivity contribution in [2.75, 3.05) is 39.4 Å². The number of ether oxygens (including phenoxy) is 2. The highest BCUT2D eigenvalue weighted by atomic mass is 16.5. The number of carboxylic acid groups (broad SMARTS) is 2. The van der Waals surface area contributed by atoms with Crippen molar-refractivity contribution in [3.63, 3.8) is 0 Å². The first kappa shape index (κ1) is 51.4. The van der Waals surface area contributed by atoms with Gasteiger partial charge in [0.25, 0.3) is 0 Å². The van der Waals surface area contributed by atoms with Crippen LogP contribution in [0.15, 0.2) is 47.6 Å². The van der Waals surface area contributed by atoms with Crippen LogP contribution >= 0.6 is 0 Å². The fourth-order valence-corrected chi connectivity index (χ4v) is 13.1. The van der Waals surface area contributed by atoms with Crippen molar-refractivity contribution in [3.05, 3.63) is 47.6 Å². The topological polar surface area (TPSA) is 134 Å². The summed E-state index contributed by atoms with van der Waals surface area (Å²) in [7, 11) is 0. The van der Waals surface area contributed by atoms with E-state index < -0.39 is 17.4 Å². The molecule has 0 bridgehead atoms. The molecule has 0 saturated carbocycles. The molecule has 10 heteroatoms. The molecule has 0 amide bonds. The minimum atomic E-state index is -0.828. The molecule has 0 aromatic carbocycles. The van der Waals surface area contributed by atoms with E-state index in [1.54, 1.807) is 13.8 Å². The average molecular weight is 865 g/mol. The van der Waals surface area contributed by atoms with E-state index in [1.165, 1.54) is 11.1 Å². The first-order chi connectivity index (χ1) is 28.9. The monoisotopic (exact) mass is 865 g/mol. The van der Waals surface area contributed by atoms with Crippen LogP contribution in [0.4, 0.5) is 0 Å². The summed E-state index contributed by atoms with van der Waals surface area (Å²) in [5, 5.41) is 20.7. The van der Waals surface area contributed by atoms with E-state index >= 15 is 0 Å². The number of carboxylic acids is 2. The molecule has 0 aromatic rings. The highest BCUT2D eigenvalue weighted by Crippen LogP contribution is 2.56. The fraction of sp³-hybridized carbons (Fsp3) is 0.769. The Labute approximate surface area is 375 Å². The van der Waals surface area contributed by atoms with Crippen molar-refractivity contribution < 1.29 is 38.9 Å². The summed E-state index contributed by atoms with van der Waals surface area (Å²) in [5.74, 6) is -1.99. The van der Waals surface area contributed by atoms with Crippen molar-refractivity contribution in [2.24, 2.45) is 38.9 Å². The van der Waals surface area contributed by atoms with Gasteiger partial charge < -0.3 is 19.7 Å². The highest BCUT2D eigenvalue weighted by Gasteiger charge is 2.56. The molecule has 2 fully saturated rings. The van der Waals surface area contributed by atoms with Gasteiger partial charge in [0.05, 0.1) is 18.6 Å². The predicted octanol–water partition coefficient (Wildman–Crippen LogP) is 10.8. The molecule has 2 atom stereocenters. The number of rotatable bonds is 21. The van der Waals surface area contributed by atoms with Crippen LogP contribution in [0.1, 0.15) is 166 Å². The smallest absolute Gasteiger partial charge is 0.333 e. The number of allylic oxidation sites excluding steroid dienone is 2. The molecule has 0 spiro atoms. The van der Waals surface area contributed by atoms with Crippen molar-refractivity contribution in [2.45, 2.75) is 178 Å². The van der Waals surface area contributed by atoms with Crippen molar-refractivity contribution in [3.8, 4) is 0 Å². The lowest BCUT2D eigenvalue weighted by Crippen LogP contribution is -2.61. The maximum atomic E-state index is 14.1. The Kier molecular flexibility index (Phi) is 17.5. The second kappa shape index (κ2) is 21.2. The number of unbranched alkanes of at least 4 members (excludes halogenated alkanes) is 4. The van der Waals surface area contributed by atoms with Crippen LogP contribution in [0.25, 0.3) is 0 Å². The van der Waals surface area contributed by atoms with E-state index in [-0.39, 0.29) is 63.9 Å². The molecule has 0 aromatic heterocycles. The number of carbonyl (C=O) groups excluding carboxylic acids is 2. The summed E-state index contributed by atoms with van der Waals surface area (Å²) in [5.41, 5.74) is 2.31. The second-order valence-corrected chi connectivity index (χ2v) is 22.1. The summed E-state index contributed by atoms with van der Waals surface area (Å²) in [6.07, 6.45) is 16.3. The van der Waals surface area contributed by atoms with Crippen molar-refractivity contribution >= 4 is 23.9 Å². The number of esters is 2. The maximum Gasteiger partial charge on any atom is 0.333 e. The SMILES string of the molecule is C=C(C)C(=O)OCCC1=CCC(C)(C)C(N2CCC(C(CCCCCCCC(=O)O)(C(=O)O)C3CCN(C4C(C)(C)CC=C(CCOC(=O)C(=C)C)C4(C)C)CC3)CC2)C1(C)C. The summed E-state index contributed by atoms with van der Waals surface area (Å²) < 4.78 is 11.1. The second-order valence-electron chi connectivity index (χ2n) is 22.1. The Balaban J connectivity index is 1.53. The van der Waals surface area contributed by atoms with Gasteiger partial charge in [0, 0.05) is 53.3 Å². The Hall–Kier alpha value is -3.24. The molecule has 4 aliphatic rings. The van der Waals surface area contributed by atoms with Crippen LogP contribution in [0, 0.1) is 38.9 Å². The van der Waals surface area contributed by atoms with E-state index in [0.717, 1.165) is 90.4 Å². The number of hydrogen-bond donors (Lipinski definition) is 2. The lowest BCUT2D eigenvalue weighted by molar-refractivity contribution is -0.164. The first-order valence-electron chi connectivity index (χ1n) is 23.9. The zero-order chi connectivity index (χ0) is 46.3. The van der Waals surface area contributed by atoms with Crippen molar-refractivity contribution in [1.29, 1.82) is 0 Å². The molecule has 2 saturated heterocycles. The number of nitrogens with zero attached hydrogens (tertiary/aromatic N) is 2. The fourth-order valence-electron chi connectivity index (χ4n) is 13.1. The van der Waals surface area contributed by atoms with E-state index in [0.29, 0.717) is 50.0 Å². The molecular formula is C52H84N2O8. The molecule has 62 heavy (non-hydrogen) atoms. The van der Waals surface area contributed by atoms with Gasteiger partial charge in [-0.15, -0.1) is 0 Å². The van der Waals surface area contributed by atoms with Crippen LogP contribution in [-0.2, 0) is 28.7 Å². The minimum absolute atomic E-state index is 0.0103. The number of piperidine rings is 2. The molecule has 2 heterocycles. The van der Waals surface area contributed by atoms with Crippen molar-refractivity contribution in [1.82, 2.24) is 9.80 Å². The summed E-state index contributed by atoms with van der Waals surface area (Å²) >= 11 is 0. The third-order valence-electron chi connectivity index (χ3n) is 15.8. The third-order valence-corrected chi connectivity index (χ3v) is 15.8. The van der Waals surface area contributed by atoms with Gasteiger partial charge in [-0.1, -0.05) is 118 Å². The molecular weight excluding hydrogens is 781 g/mol. The molecule has 2 aliphatic heterocycles. The van der Waals surface area contributed by atoms with Crippen LogP contribution in [0.2, 0.25) is 0 Å². The number of hydrogen-bond acceptors (Lipinski definition) is 8. The summed E-state index contributed by atoms with van der Waals surface area (Å²) in [6, 6.07) is 0.501. The maximum absolute atomic E-state index is 14.1. The lowest BCUT2D eigenvalue weighted by Gasteiger charge is -2.58. The summed E-state index contributed by atoms with van der Waals surface area (Å²) in [6.45, 7) is 33.6. The van der Waals surface area contributed by atoms with E-state index in [4.69, 9.17) is 14.6 Å². The standard InChI is InChI=1S/C52H84N2O8/c1-36(2)43(57)61-34-25-38-19-28-48(5,6)45(50(38,9)10)53-30-21-40(22-31-53)52(47(59)60,27-17-15-13-14-16-18-42(55)56)41-23-32-54(33-24-41)46-49(7,8)29-20-39(51(46,11)12)26-35-62-44(58)37(3)4/h19-20,40-41,45-46H,1,3,13-18,21-35H2,2,4-12H3,(H,55,56)(H,59,60). The Morgan fingerprint density at radius 3 is 1.37 bits per heavy atom. The molecule has 2 N–H and O–H groups in total. The van der Waals surface area contributed by atoms with Crippen LogP contribution < -0.4 is 0 Å².